The molecule has 5 heteroatoms. The smallest absolute Gasteiger partial charge is 0.239 e. The van der Waals surface area contributed by atoms with Gasteiger partial charge in [-0.25, -0.2) is 0 Å². The van der Waals surface area contributed by atoms with Crippen LogP contribution in [-0.2, 0) is 9.59 Å². The Balaban J connectivity index is 1.39. The number of nitrogens with one attached hydrogen (secondary N) is 2. The van der Waals surface area contributed by atoms with E-state index >= 15 is 0 Å². The third-order valence-corrected chi connectivity index (χ3v) is 3.86. The molecule has 1 atom stereocenters. The van der Waals surface area contributed by atoms with E-state index in [0.717, 1.165) is 25.8 Å². The molecule has 5 nitrogen and oxygen atoms in total. The maximum Gasteiger partial charge on any atom is 0.239 e. The van der Waals surface area contributed by atoms with E-state index in [1.165, 1.54) is 12.8 Å². The van der Waals surface area contributed by atoms with Gasteiger partial charge in [-0.3, -0.25) is 9.59 Å². The maximum absolute atomic E-state index is 12.0. The van der Waals surface area contributed by atoms with Crippen LogP contribution in [0.3, 0.4) is 0 Å². The van der Waals surface area contributed by atoms with Gasteiger partial charge in [-0.15, -0.1) is 0 Å². The molecular formula is C13H21N3O2. The van der Waals surface area contributed by atoms with Crippen LogP contribution in [0.1, 0.15) is 38.5 Å². The predicted molar refractivity (Wildman–Crippen MR) is 66.9 cm³/mol. The summed E-state index contributed by atoms with van der Waals surface area (Å²) in [6.07, 6.45) is 5.96. The SMILES string of the molecule is O=C(CCN1CCC(NC2CC2)C1=O)NC1CC1. The van der Waals surface area contributed by atoms with E-state index in [4.69, 9.17) is 0 Å². The number of nitrogens with zero attached hydrogens (tertiary/aromatic N) is 1. The molecule has 18 heavy (non-hydrogen) atoms. The van der Waals surface area contributed by atoms with E-state index in [2.05, 4.69) is 10.6 Å². The van der Waals surface area contributed by atoms with E-state index < -0.39 is 0 Å². The summed E-state index contributed by atoms with van der Waals surface area (Å²) >= 11 is 0. The number of amides is 2. The van der Waals surface area contributed by atoms with Gasteiger partial charge in [-0.2, -0.15) is 0 Å². The van der Waals surface area contributed by atoms with Gasteiger partial charge in [0.2, 0.25) is 11.8 Å². The Hall–Kier alpha value is -1.10. The molecule has 2 amide bonds. The summed E-state index contributed by atoms with van der Waals surface area (Å²) < 4.78 is 0. The van der Waals surface area contributed by atoms with Crippen molar-refractivity contribution in [1.29, 1.82) is 0 Å². The standard InChI is InChI=1S/C13H21N3O2/c17-12(15-10-3-4-10)6-8-16-7-5-11(13(16)18)14-9-1-2-9/h9-11,14H,1-8H2,(H,15,17). The average molecular weight is 251 g/mol. The van der Waals surface area contributed by atoms with Gasteiger partial charge in [0.25, 0.3) is 0 Å². The van der Waals surface area contributed by atoms with Crippen molar-refractivity contribution >= 4 is 11.8 Å². The fraction of sp³-hybridized carbons (Fsp3) is 0.846. The molecule has 1 aliphatic heterocycles. The minimum atomic E-state index is 0.00370. The lowest BCUT2D eigenvalue weighted by molar-refractivity contribution is -0.130. The third kappa shape index (κ3) is 3.02. The van der Waals surface area contributed by atoms with E-state index in [0.29, 0.717) is 25.0 Å². The summed E-state index contributed by atoms with van der Waals surface area (Å²) in [6.45, 7) is 1.36. The molecule has 1 unspecified atom stereocenters. The van der Waals surface area contributed by atoms with Crippen LogP contribution in [0.15, 0.2) is 0 Å². The molecule has 3 fully saturated rings. The van der Waals surface area contributed by atoms with Crippen LogP contribution in [0.5, 0.6) is 0 Å². The van der Waals surface area contributed by atoms with Crippen molar-refractivity contribution in [2.24, 2.45) is 0 Å². The molecule has 100 valence electrons. The molecular weight excluding hydrogens is 230 g/mol. The fourth-order valence-electron chi connectivity index (χ4n) is 2.41. The van der Waals surface area contributed by atoms with E-state index in [1.54, 1.807) is 0 Å². The Labute approximate surface area is 107 Å². The first kappa shape index (κ1) is 12.0. The topological polar surface area (TPSA) is 61.4 Å². The Bertz CT molecular complexity index is 350. The Kier molecular flexibility index (Phi) is 3.24. The van der Waals surface area contributed by atoms with Crippen LogP contribution < -0.4 is 10.6 Å². The highest BCUT2D eigenvalue weighted by molar-refractivity contribution is 5.85. The maximum atomic E-state index is 12.0. The molecule has 3 aliphatic rings. The number of likely N-dealkylation sites (tertiary alicyclic amines) is 1. The van der Waals surface area contributed by atoms with E-state index in [-0.39, 0.29) is 17.9 Å². The normalized spacial score (nSPS) is 27.7. The van der Waals surface area contributed by atoms with Crippen molar-refractivity contribution in [2.45, 2.75) is 56.7 Å². The number of hydrogen-bond donors (Lipinski definition) is 2. The lowest BCUT2D eigenvalue weighted by atomic mass is 10.2. The zero-order valence-electron chi connectivity index (χ0n) is 10.7. The Morgan fingerprint density at radius 3 is 2.56 bits per heavy atom. The van der Waals surface area contributed by atoms with Gasteiger partial charge in [0, 0.05) is 31.6 Å². The van der Waals surface area contributed by atoms with Crippen molar-refractivity contribution < 1.29 is 9.59 Å². The van der Waals surface area contributed by atoms with Crippen LogP contribution in [0.25, 0.3) is 0 Å². The molecule has 0 aromatic heterocycles. The van der Waals surface area contributed by atoms with Gasteiger partial charge in [0.15, 0.2) is 0 Å². The monoisotopic (exact) mass is 251 g/mol. The molecule has 0 bridgehead atoms. The van der Waals surface area contributed by atoms with Crippen LogP contribution in [-0.4, -0.2) is 47.9 Å². The number of hydrogen-bond acceptors (Lipinski definition) is 3. The first-order valence-corrected chi connectivity index (χ1v) is 7.06. The zero-order valence-corrected chi connectivity index (χ0v) is 10.7. The van der Waals surface area contributed by atoms with Gasteiger partial charge in [0.05, 0.1) is 6.04 Å². The molecule has 0 aromatic carbocycles. The highest BCUT2D eigenvalue weighted by atomic mass is 16.2. The molecule has 0 aromatic rings. The summed E-state index contributed by atoms with van der Waals surface area (Å²) in [7, 11) is 0. The van der Waals surface area contributed by atoms with Gasteiger partial charge < -0.3 is 15.5 Å². The van der Waals surface area contributed by atoms with Gasteiger partial charge in [-0.05, 0) is 32.1 Å². The highest BCUT2D eigenvalue weighted by Crippen LogP contribution is 2.22. The number of carbonyl (C=O) groups excluding carboxylic acids is 2. The Morgan fingerprint density at radius 1 is 1.17 bits per heavy atom. The number of rotatable bonds is 6. The van der Waals surface area contributed by atoms with Gasteiger partial charge in [-0.1, -0.05) is 0 Å². The summed E-state index contributed by atoms with van der Waals surface area (Å²) in [5.74, 6) is 0.269. The van der Waals surface area contributed by atoms with Crippen molar-refractivity contribution in [2.75, 3.05) is 13.1 Å². The van der Waals surface area contributed by atoms with Crippen LogP contribution in [0.2, 0.25) is 0 Å². The van der Waals surface area contributed by atoms with Crippen LogP contribution >= 0.6 is 0 Å². The summed E-state index contributed by atoms with van der Waals surface area (Å²) in [5.41, 5.74) is 0. The lowest BCUT2D eigenvalue weighted by Crippen LogP contribution is -2.40. The van der Waals surface area contributed by atoms with Crippen LogP contribution in [0.4, 0.5) is 0 Å². The lowest BCUT2D eigenvalue weighted by Gasteiger charge is -2.16. The minimum absolute atomic E-state index is 0.00370. The molecule has 0 spiro atoms. The first-order chi connectivity index (χ1) is 8.72. The summed E-state index contributed by atoms with van der Waals surface area (Å²) in [6, 6.07) is 0.983. The molecule has 1 heterocycles. The number of carbonyl (C=O) groups is 2. The molecule has 0 radical (unpaired) electrons. The van der Waals surface area contributed by atoms with Gasteiger partial charge >= 0.3 is 0 Å². The second kappa shape index (κ2) is 4.88. The molecule has 2 saturated carbocycles. The van der Waals surface area contributed by atoms with E-state index in [1.807, 2.05) is 4.90 Å². The van der Waals surface area contributed by atoms with Crippen LogP contribution in [0, 0.1) is 0 Å². The molecule has 3 rings (SSSR count). The third-order valence-electron chi connectivity index (χ3n) is 3.86. The highest BCUT2D eigenvalue weighted by Gasteiger charge is 2.35. The van der Waals surface area contributed by atoms with E-state index in [9.17, 15) is 9.59 Å². The average Bonchev–Trinajstić information content (AvgIpc) is 3.22. The Morgan fingerprint density at radius 2 is 1.89 bits per heavy atom. The molecule has 2 N–H and O–H groups in total. The van der Waals surface area contributed by atoms with Gasteiger partial charge in [0.1, 0.15) is 0 Å². The van der Waals surface area contributed by atoms with Crippen molar-refractivity contribution in [3.05, 3.63) is 0 Å². The van der Waals surface area contributed by atoms with Crippen molar-refractivity contribution in [3.63, 3.8) is 0 Å². The largest absolute Gasteiger partial charge is 0.353 e. The quantitative estimate of drug-likeness (QED) is 0.699. The minimum Gasteiger partial charge on any atom is -0.353 e. The fourth-order valence-corrected chi connectivity index (χ4v) is 2.41. The molecule has 2 aliphatic carbocycles. The molecule has 1 saturated heterocycles. The summed E-state index contributed by atoms with van der Waals surface area (Å²) in [5, 5.41) is 6.32. The predicted octanol–water partition coefficient (Wildman–Crippen LogP) is 0.00800. The zero-order chi connectivity index (χ0) is 12.5. The summed E-state index contributed by atoms with van der Waals surface area (Å²) in [4.78, 5) is 25.4. The van der Waals surface area contributed by atoms with Crippen molar-refractivity contribution in [3.8, 4) is 0 Å². The first-order valence-electron chi connectivity index (χ1n) is 7.06. The second-order valence-corrected chi connectivity index (χ2v) is 5.70. The second-order valence-electron chi connectivity index (χ2n) is 5.70. The van der Waals surface area contributed by atoms with Crippen molar-refractivity contribution in [1.82, 2.24) is 15.5 Å².